The summed E-state index contributed by atoms with van der Waals surface area (Å²) in [5.74, 6) is -3.52. The molecule has 0 radical (unpaired) electrons. The van der Waals surface area contributed by atoms with Gasteiger partial charge in [0.25, 0.3) is 0 Å². The van der Waals surface area contributed by atoms with E-state index >= 15 is 0 Å². The number of benzene rings is 1. The van der Waals surface area contributed by atoms with Crippen LogP contribution in [0, 0.1) is 24.4 Å². The average molecular weight is 300 g/mol. The van der Waals surface area contributed by atoms with E-state index in [-0.39, 0.29) is 12.2 Å². The second-order valence-corrected chi connectivity index (χ2v) is 4.11. The maximum atomic E-state index is 13.0. The van der Waals surface area contributed by atoms with Crippen LogP contribution in [-0.2, 0) is 6.42 Å². The summed E-state index contributed by atoms with van der Waals surface area (Å²) in [6.07, 6.45) is 0.330. The SMILES string of the molecule is Cc1nc(CCNC(=O)Nc2cc(F)c(F)c(F)c2)no1. The van der Waals surface area contributed by atoms with E-state index in [1.165, 1.54) is 0 Å². The number of carbonyl (C=O) groups excluding carboxylic acids is 1. The lowest BCUT2D eigenvalue weighted by Crippen LogP contribution is -2.30. The van der Waals surface area contributed by atoms with Crippen molar-refractivity contribution in [3.05, 3.63) is 41.3 Å². The van der Waals surface area contributed by atoms with Gasteiger partial charge in [-0.15, -0.1) is 0 Å². The monoisotopic (exact) mass is 300 g/mol. The molecule has 0 aliphatic heterocycles. The Morgan fingerprint density at radius 1 is 1.29 bits per heavy atom. The van der Waals surface area contributed by atoms with Gasteiger partial charge >= 0.3 is 6.03 Å². The molecule has 1 aromatic heterocycles. The molecule has 9 heteroatoms. The third-order valence-corrected chi connectivity index (χ3v) is 2.45. The molecule has 0 aliphatic rings. The lowest BCUT2D eigenvalue weighted by molar-refractivity contribution is 0.252. The minimum absolute atomic E-state index is 0.191. The van der Waals surface area contributed by atoms with Crippen LogP contribution in [0.25, 0.3) is 0 Å². The highest BCUT2D eigenvalue weighted by molar-refractivity contribution is 5.89. The van der Waals surface area contributed by atoms with Crippen molar-refractivity contribution in [2.45, 2.75) is 13.3 Å². The molecule has 112 valence electrons. The molecule has 1 heterocycles. The summed E-state index contributed by atoms with van der Waals surface area (Å²) in [6.45, 7) is 1.82. The zero-order valence-electron chi connectivity index (χ0n) is 10.9. The normalized spacial score (nSPS) is 10.5. The molecule has 0 atom stereocenters. The third kappa shape index (κ3) is 3.94. The summed E-state index contributed by atoms with van der Waals surface area (Å²) >= 11 is 0. The summed E-state index contributed by atoms with van der Waals surface area (Å²) < 4.78 is 43.4. The van der Waals surface area contributed by atoms with Crippen LogP contribution < -0.4 is 10.6 Å². The van der Waals surface area contributed by atoms with Crippen molar-refractivity contribution in [1.29, 1.82) is 0 Å². The number of carbonyl (C=O) groups is 1. The maximum Gasteiger partial charge on any atom is 0.319 e. The van der Waals surface area contributed by atoms with Crippen LogP contribution in [0.2, 0.25) is 0 Å². The average Bonchev–Trinajstić information content (AvgIpc) is 2.81. The van der Waals surface area contributed by atoms with Crippen LogP contribution in [-0.4, -0.2) is 22.7 Å². The number of halogens is 3. The number of amides is 2. The predicted molar refractivity (Wildman–Crippen MR) is 66.1 cm³/mol. The first kappa shape index (κ1) is 14.8. The molecule has 6 nitrogen and oxygen atoms in total. The molecule has 2 N–H and O–H groups in total. The molecule has 0 fully saturated rings. The highest BCUT2D eigenvalue weighted by Crippen LogP contribution is 2.17. The van der Waals surface area contributed by atoms with E-state index in [0.29, 0.717) is 30.3 Å². The third-order valence-electron chi connectivity index (χ3n) is 2.45. The van der Waals surface area contributed by atoms with Gasteiger partial charge in [0.15, 0.2) is 23.3 Å². The van der Waals surface area contributed by atoms with Crippen molar-refractivity contribution in [2.75, 3.05) is 11.9 Å². The number of hydrogen-bond acceptors (Lipinski definition) is 4. The molecule has 2 rings (SSSR count). The second-order valence-electron chi connectivity index (χ2n) is 4.11. The van der Waals surface area contributed by atoms with Crippen LogP contribution in [0.4, 0.5) is 23.7 Å². The maximum absolute atomic E-state index is 13.0. The lowest BCUT2D eigenvalue weighted by Gasteiger charge is -2.07. The fraction of sp³-hybridized carbons (Fsp3) is 0.250. The Hall–Kier alpha value is -2.58. The van der Waals surface area contributed by atoms with Gasteiger partial charge in [-0.1, -0.05) is 5.16 Å². The van der Waals surface area contributed by atoms with Crippen LogP contribution >= 0.6 is 0 Å². The van der Waals surface area contributed by atoms with E-state index < -0.39 is 23.5 Å². The number of aromatic nitrogens is 2. The zero-order chi connectivity index (χ0) is 15.4. The van der Waals surface area contributed by atoms with E-state index in [4.69, 9.17) is 4.52 Å². The van der Waals surface area contributed by atoms with Crippen molar-refractivity contribution in [1.82, 2.24) is 15.5 Å². The Kier molecular flexibility index (Phi) is 4.41. The Labute approximate surface area is 117 Å². The number of hydrogen-bond donors (Lipinski definition) is 2. The molecule has 2 amide bonds. The largest absolute Gasteiger partial charge is 0.340 e. The summed E-state index contributed by atoms with van der Waals surface area (Å²) in [6, 6.07) is 0.668. The van der Waals surface area contributed by atoms with E-state index in [9.17, 15) is 18.0 Å². The van der Waals surface area contributed by atoms with Crippen molar-refractivity contribution in [3.8, 4) is 0 Å². The zero-order valence-corrected chi connectivity index (χ0v) is 10.9. The first-order valence-corrected chi connectivity index (χ1v) is 5.94. The number of nitrogens with zero attached hydrogens (tertiary/aromatic N) is 2. The lowest BCUT2D eigenvalue weighted by atomic mass is 10.3. The molecular weight excluding hydrogens is 289 g/mol. The van der Waals surface area contributed by atoms with Crippen molar-refractivity contribution >= 4 is 11.7 Å². The highest BCUT2D eigenvalue weighted by atomic mass is 19.2. The van der Waals surface area contributed by atoms with Gasteiger partial charge in [0, 0.05) is 37.7 Å². The van der Waals surface area contributed by atoms with Gasteiger partial charge in [-0.2, -0.15) is 4.98 Å². The van der Waals surface area contributed by atoms with Gasteiger partial charge in [-0.25, -0.2) is 18.0 Å². The molecule has 1 aromatic carbocycles. The van der Waals surface area contributed by atoms with Gasteiger partial charge in [0.05, 0.1) is 0 Å². The molecule has 2 aromatic rings. The topological polar surface area (TPSA) is 80.0 Å². The summed E-state index contributed by atoms with van der Waals surface area (Å²) in [4.78, 5) is 15.4. The number of anilines is 1. The smallest absolute Gasteiger partial charge is 0.319 e. The number of nitrogens with one attached hydrogen (secondary N) is 2. The molecule has 21 heavy (non-hydrogen) atoms. The van der Waals surface area contributed by atoms with E-state index in [0.717, 1.165) is 0 Å². The van der Waals surface area contributed by atoms with Crippen LogP contribution in [0.1, 0.15) is 11.7 Å². The van der Waals surface area contributed by atoms with Gasteiger partial charge < -0.3 is 15.2 Å². The molecule has 0 bridgehead atoms. The Bertz CT molecular complexity index is 637. The minimum atomic E-state index is -1.59. The van der Waals surface area contributed by atoms with E-state index in [1.54, 1.807) is 6.92 Å². The van der Waals surface area contributed by atoms with Crippen LogP contribution in [0.5, 0.6) is 0 Å². The fourth-order valence-electron chi connectivity index (χ4n) is 1.53. The second kappa shape index (κ2) is 6.25. The van der Waals surface area contributed by atoms with Gasteiger partial charge in [-0.05, 0) is 0 Å². The number of aryl methyl sites for hydroxylation is 1. The number of rotatable bonds is 4. The predicted octanol–water partition coefficient (Wildman–Crippen LogP) is 2.16. The summed E-state index contributed by atoms with van der Waals surface area (Å²) in [5, 5.41) is 8.24. The highest BCUT2D eigenvalue weighted by Gasteiger charge is 2.12. The first-order valence-electron chi connectivity index (χ1n) is 5.94. The fourth-order valence-corrected chi connectivity index (χ4v) is 1.53. The standard InChI is InChI=1S/C12H11F3N4O2/c1-6-17-10(19-21-6)2-3-16-12(20)18-7-4-8(13)11(15)9(14)5-7/h4-5H,2-3H2,1H3,(H2,16,18,20). The van der Waals surface area contributed by atoms with Gasteiger partial charge in [0.2, 0.25) is 5.89 Å². The van der Waals surface area contributed by atoms with Gasteiger partial charge in [-0.3, -0.25) is 0 Å². The molecule has 0 aliphatic carbocycles. The quantitative estimate of drug-likeness (QED) is 0.848. The van der Waals surface area contributed by atoms with E-state index in [1.807, 2.05) is 0 Å². The number of urea groups is 1. The Morgan fingerprint density at radius 3 is 2.52 bits per heavy atom. The summed E-state index contributed by atoms with van der Waals surface area (Å²) in [7, 11) is 0. The summed E-state index contributed by atoms with van der Waals surface area (Å²) in [5.41, 5.74) is -0.195. The van der Waals surface area contributed by atoms with Crippen molar-refractivity contribution in [2.24, 2.45) is 0 Å². The Morgan fingerprint density at radius 2 is 1.95 bits per heavy atom. The van der Waals surface area contributed by atoms with Crippen molar-refractivity contribution < 1.29 is 22.5 Å². The van der Waals surface area contributed by atoms with Gasteiger partial charge in [0.1, 0.15) is 0 Å². The molecule has 0 saturated carbocycles. The first-order chi connectivity index (χ1) is 9.95. The van der Waals surface area contributed by atoms with Crippen molar-refractivity contribution in [3.63, 3.8) is 0 Å². The molecule has 0 saturated heterocycles. The molecule has 0 unspecified atom stereocenters. The molecular formula is C12H11F3N4O2. The van der Waals surface area contributed by atoms with Crippen LogP contribution in [0.15, 0.2) is 16.7 Å². The minimum Gasteiger partial charge on any atom is -0.340 e. The Balaban J connectivity index is 1.84. The van der Waals surface area contributed by atoms with Crippen LogP contribution in [0.3, 0.4) is 0 Å². The van der Waals surface area contributed by atoms with E-state index in [2.05, 4.69) is 20.8 Å². The molecule has 0 spiro atoms.